The first-order valence-corrected chi connectivity index (χ1v) is 14.1. The molecule has 2 aromatic rings. The highest BCUT2D eigenvalue weighted by atomic mass is 32.2. The van der Waals surface area contributed by atoms with Crippen LogP contribution in [0.25, 0.3) is 0 Å². The summed E-state index contributed by atoms with van der Waals surface area (Å²) in [6, 6.07) is 12.3. The SMILES string of the molecule is COc1ccc(S[C@@H]2C[C@@H](C(=O)N[C@@H]3CCS(=O)(=O)C3)N(Cc3ccc(OC(F)(F)F)cc3)C2)cc1. The van der Waals surface area contributed by atoms with Crippen LogP contribution in [0, 0.1) is 0 Å². The fourth-order valence-electron chi connectivity index (χ4n) is 4.48. The molecule has 2 aromatic carbocycles. The van der Waals surface area contributed by atoms with Gasteiger partial charge in [0.15, 0.2) is 9.84 Å². The maximum absolute atomic E-state index is 13.2. The van der Waals surface area contributed by atoms with Crippen LogP contribution in [-0.4, -0.2) is 68.1 Å². The summed E-state index contributed by atoms with van der Waals surface area (Å²) < 4.78 is 70.2. The van der Waals surface area contributed by atoms with Crippen molar-refractivity contribution in [2.24, 2.45) is 0 Å². The van der Waals surface area contributed by atoms with E-state index in [-0.39, 0.29) is 28.4 Å². The number of benzene rings is 2. The van der Waals surface area contributed by atoms with Crippen LogP contribution in [0.1, 0.15) is 18.4 Å². The van der Waals surface area contributed by atoms with Crippen LogP contribution in [0.5, 0.6) is 11.5 Å². The molecule has 0 unspecified atom stereocenters. The Hall–Kier alpha value is -2.44. The molecule has 0 saturated carbocycles. The second-order valence-electron chi connectivity index (χ2n) is 8.90. The topological polar surface area (TPSA) is 84.9 Å². The number of alkyl halides is 3. The van der Waals surface area contributed by atoms with Gasteiger partial charge in [-0.15, -0.1) is 24.9 Å². The van der Waals surface area contributed by atoms with Gasteiger partial charge in [-0.3, -0.25) is 9.69 Å². The zero-order chi connectivity index (χ0) is 25.9. The summed E-state index contributed by atoms with van der Waals surface area (Å²) in [6.07, 6.45) is -3.82. The molecular formula is C24H27F3N2O5S2. The Kier molecular flexibility index (Phi) is 8.06. The lowest BCUT2D eigenvalue weighted by Crippen LogP contribution is -2.47. The molecule has 0 radical (unpaired) electrons. The molecule has 2 fully saturated rings. The number of sulfone groups is 1. The molecule has 0 aromatic heterocycles. The Morgan fingerprint density at radius 2 is 1.78 bits per heavy atom. The van der Waals surface area contributed by atoms with Crippen molar-refractivity contribution < 1.29 is 35.9 Å². The van der Waals surface area contributed by atoms with Gasteiger partial charge in [0, 0.05) is 29.3 Å². The van der Waals surface area contributed by atoms with Crippen LogP contribution in [0.4, 0.5) is 13.2 Å². The van der Waals surface area contributed by atoms with Crippen molar-refractivity contribution in [3.63, 3.8) is 0 Å². The predicted octanol–water partition coefficient (Wildman–Crippen LogP) is 3.63. The van der Waals surface area contributed by atoms with Crippen molar-refractivity contribution in [2.45, 2.75) is 48.0 Å². The summed E-state index contributed by atoms with van der Waals surface area (Å²) in [5.74, 6) is 0.212. The van der Waals surface area contributed by atoms with Gasteiger partial charge in [0.2, 0.25) is 5.91 Å². The second-order valence-corrected chi connectivity index (χ2v) is 12.5. The molecule has 12 heteroatoms. The first-order valence-electron chi connectivity index (χ1n) is 11.4. The number of hydrogen-bond donors (Lipinski definition) is 1. The van der Waals surface area contributed by atoms with Crippen LogP contribution < -0.4 is 14.8 Å². The van der Waals surface area contributed by atoms with Crippen LogP contribution in [0.2, 0.25) is 0 Å². The van der Waals surface area contributed by atoms with E-state index in [4.69, 9.17) is 4.74 Å². The van der Waals surface area contributed by atoms with E-state index >= 15 is 0 Å². The van der Waals surface area contributed by atoms with Gasteiger partial charge in [0.05, 0.1) is 24.7 Å². The summed E-state index contributed by atoms with van der Waals surface area (Å²) in [4.78, 5) is 16.2. The van der Waals surface area contributed by atoms with Gasteiger partial charge in [-0.05, 0) is 54.8 Å². The molecule has 0 aliphatic carbocycles. The number of nitrogens with zero attached hydrogens (tertiary/aromatic N) is 1. The summed E-state index contributed by atoms with van der Waals surface area (Å²) in [5, 5.41) is 2.99. The molecule has 36 heavy (non-hydrogen) atoms. The van der Waals surface area contributed by atoms with Crippen molar-refractivity contribution in [1.29, 1.82) is 0 Å². The van der Waals surface area contributed by atoms with Gasteiger partial charge < -0.3 is 14.8 Å². The molecule has 0 bridgehead atoms. The second kappa shape index (κ2) is 10.9. The first kappa shape index (κ1) is 26.6. The Balaban J connectivity index is 1.46. The lowest BCUT2D eigenvalue weighted by atomic mass is 10.1. The number of halogens is 3. The monoisotopic (exact) mass is 544 g/mol. The molecule has 2 aliphatic heterocycles. The van der Waals surface area contributed by atoms with Crippen molar-refractivity contribution in [2.75, 3.05) is 25.2 Å². The van der Waals surface area contributed by atoms with Crippen molar-refractivity contribution in [3.05, 3.63) is 54.1 Å². The molecule has 1 amide bonds. The Bertz CT molecular complexity index is 1160. The first-order chi connectivity index (χ1) is 17.0. The maximum Gasteiger partial charge on any atom is 0.573 e. The fourth-order valence-corrected chi connectivity index (χ4v) is 7.37. The minimum Gasteiger partial charge on any atom is -0.497 e. The molecule has 2 aliphatic rings. The summed E-state index contributed by atoms with van der Waals surface area (Å²) in [5.41, 5.74) is 0.737. The predicted molar refractivity (Wildman–Crippen MR) is 130 cm³/mol. The summed E-state index contributed by atoms with van der Waals surface area (Å²) in [6.45, 7) is 0.936. The number of amides is 1. The highest BCUT2D eigenvalue weighted by molar-refractivity contribution is 8.00. The largest absolute Gasteiger partial charge is 0.573 e. The van der Waals surface area contributed by atoms with Crippen LogP contribution in [0.15, 0.2) is 53.4 Å². The van der Waals surface area contributed by atoms with E-state index in [1.165, 1.54) is 12.1 Å². The third-order valence-electron chi connectivity index (χ3n) is 6.15. The number of ether oxygens (including phenoxy) is 2. The highest BCUT2D eigenvalue weighted by Crippen LogP contribution is 2.35. The van der Waals surface area contributed by atoms with Gasteiger partial charge >= 0.3 is 6.36 Å². The van der Waals surface area contributed by atoms with E-state index < -0.39 is 28.3 Å². The Morgan fingerprint density at radius 1 is 1.11 bits per heavy atom. The zero-order valence-electron chi connectivity index (χ0n) is 19.5. The third kappa shape index (κ3) is 7.30. The molecular weight excluding hydrogens is 517 g/mol. The number of hydrogen-bond acceptors (Lipinski definition) is 7. The molecule has 4 rings (SSSR count). The zero-order valence-corrected chi connectivity index (χ0v) is 21.2. The lowest BCUT2D eigenvalue weighted by molar-refractivity contribution is -0.274. The van der Waals surface area contributed by atoms with Gasteiger partial charge in [0.1, 0.15) is 11.5 Å². The summed E-state index contributed by atoms with van der Waals surface area (Å²) in [7, 11) is -1.54. The van der Waals surface area contributed by atoms with Gasteiger partial charge in [-0.2, -0.15) is 0 Å². The average molecular weight is 545 g/mol. The van der Waals surface area contributed by atoms with E-state index in [2.05, 4.69) is 10.1 Å². The van der Waals surface area contributed by atoms with Crippen molar-refractivity contribution in [3.8, 4) is 11.5 Å². The fraction of sp³-hybridized carbons (Fsp3) is 0.458. The quantitative estimate of drug-likeness (QED) is 0.543. The summed E-state index contributed by atoms with van der Waals surface area (Å²) >= 11 is 1.64. The minimum atomic E-state index is -4.76. The number of methoxy groups -OCH3 is 1. The van der Waals surface area contributed by atoms with Crippen molar-refractivity contribution in [1.82, 2.24) is 10.2 Å². The molecule has 2 saturated heterocycles. The Morgan fingerprint density at radius 3 is 2.36 bits per heavy atom. The molecule has 196 valence electrons. The minimum absolute atomic E-state index is 0.0594. The maximum atomic E-state index is 13.2. The molecule has 3 atom stereocenters. The third-order valence-corrected chi connectivity index (χ3v) is 9.14. The van der Waals surface area contributed by atoms with Gasteiger partial charge in [-0.25, -0.2) is 8.42 Å². The van der Waals surface area contributed by atoms with Gasteiger partial charge in [0.25, 0.3) is 0 Å². The number of nitrogens with one attached hydrogen (secondary N) is 1. The Labute approximate surface area is 212 Å². The van der Waals surface area contributed by atoms with Crippen LogP contribution in [-0.2, 0) is 21.2 Å². The van der Waals surface area contributed by atoms with Gasteiger partial charge in [-0.1, -0.05) is 12.1 Å². The van der Waals surface area contributed by atoms with E-state index in [0.29, 0.717) is 25.9 Å². The number of likely N-dealkylation sites (tertiary alicyclic amines) is 1. The number of thioether (sulfide) groups is 1. The number of rotatable bonds is 8. The number of carbonyl (C=O) groups is 1. The van der Waals surface area contributed by atoms with Crippen molar-refractivity contribution >= 4 is 27.5 Å². The van der Waals surface area contributed by atoms with E-state index in [1.807, 2.05) is 29.2 Å². The standard InChI is InChI=1S/C24H27F3N2O5S2/c1-33-18-6-8-20(9-7-18)35-21-12-22(23(30)28-17-10-11-36(31,32)15-17)29(14-21)13-16-2-4-19(5-3-16)34-24(25,26)27/h2-9,17,21-22H,10-15H2,1H3,(H,28,30)/t17-,21-,22+/m1/s1. The molecule has 0 spiro atoms. The van der Waals surface area contributed by atoms with E-state index in [1.54, 1.807) is 31.0 Å². The smallest absolute Gasteiger partial charge is 0.497 e. The highest BCUT2D eigenvalue weighted by Gasteiger charge is 2.39. The number of carbonyl (C=O) groups excluding carboxylic acids is 1. The van der Waals surface area contributed by atoms with Crippen LogP contribution in [0.3, 0.4) is 0 Å². The molecule has 7 nitrogen and oxygen atoms in total. The molecule has 2 heterocycles. The average Bonchev–Trinajstić information content (AvgIpc) is 3.36. The van der Waals surface area contributed by atoms with E-state index in [0.717, 1.165) is 16.2 Å². The van der Waals surface area contributed by atoms with E-state index in [9.17, 15) is 26.4 Å². The lowest BCUT2D eigenvalue weighted by Gasteiger charge is -2.25. The molecule has 1 N–H and O–H groups in total. The normalized spacial score (nSPS) is 23.9. The van der Waals surface area contributed by atoms with Crippen LogP contribution >= 0.6 is 11.8 Å².